The molecule has 0 saturated heterocycles. The standard InChI is InChI=1S/C20H24N2O5S/c1-13-6-11-18(12-14(13)2)28(25,26)21-17-9-7-16(8-10-17)20(24)27-15(3)19(23)22(4)5/h6-12,15,21H,1-5H3/t15-/m1/s1. The average Bonchev–Trinajstić information content (AvgIpc) is 2.63. The van der Waals surface area contributed by atoms with Crippen LogP contribution in [0.3, 0.4) is 0 Å². The zero-order chi connectivity index (χ0) is 21.1. The molecule has 0 spiro atoms. The van der Waals surface area contributed by atoms with Crippen LogP contribution >= 0.6 is 0 Å². The fourth-order valence-corrected chi connectivity index (χ4v) is 3.56. The Morgan fingerprint density at radius 3 is 2.14 bits per heavy atom. The third kappa shape index (κ3) is 5.10. The first kappa shape index (κ1) is 21.4. The van der Waals surface area contributed by atoms with Gasteiger partial charge >= 0.3 is 5.97 Å². The molecule has 0 saturated carbocycles. The summed E-state index contributed by atoms with van der Waals surface area (Å²) in [5, 5.41) is 0. The highest BCUT2D eigenvalue weighted by Gasteiger charge is 2.20. The molecule has 0 heterocycles. The van der Waals surface area contributed by atoms with E-state index in [0.717, 1.165) is 11.1 Å². The second-order valence-electron chi connectivity index (χ2n) is 6.71. The molecule has 0 aliphatic heterocycles. The normalized spacial score (nSPS) is 12.2. The van der Waals surface area contributed by atoms with E-state index in [1.165, 1.54) is 36.1 Å². The molecule has 1 amide bonds. The van der Waals surface area contributed by atoms with E-state index in [4.69, 9.17) is 4.74 Å². The van der Waals surface area contributed by atoms with Gasteiger partial charge in [0.2, 0.25) is 0 Å². The van der Waals surface area contributed by atoms with Crippen LogP contribution in [0.1, 0.15) is 28.4 Å². The number of aryl methyl sites for hydroxylation is 2. The maximum atomic E-state index is 12.5. The van der Waals surface area contributed by atoms with Gasteiger partial charge in [-0.1, -0.05) is 6.07 Å². The molecular weight excluding hydrogens is 380 g/mol. The largest absolute Gasteiger partial charge is 0.449 e. The Bertz CT molecular complexity index is 982. The van der Waals surface area contributed by atoms with Crippen molar-refractivity contribution >= 4 is 27.6 Å². The molecule has 0 bridgehead atoms. The Morgan fingerprint density at radius 2 is 1.61 bits per heavy atom. The van der Waals surface area contributed by atoms with Crippen LogP contribution in [-0.4, -0.2) is 45.4 Å². The lowest BCUT2D eigenvalue weighted by molar-refractivity contribution is -0.137. The minimum absolute atomic E-state index is 0.162. The molecule has 2 aromatic rings. The van der Waals surface area contributed by atoms with Crippen molar-refractivity contribution in [2.45, 2.75) is 31.8 Å². The minimum Gasteiger partial charge on any atom is -0.449 e. The van der Waals surface area contributed by atoms with Crippen molar-refractivity contribution in [3.8, 4) is 0 Å². The number of anilines is 1. The summed E-state index contributed by atoms with van der Waals surface area (Å²) in [7, 11) is -0.597. The van der Waals surface area contributed by atoms with Gasteiger partial charge in [-0.05, 0) is 68.3 Å². The third-order valence-corrected chi connectivity index (χ3v) is 5.61. The fraction of sp³-hybridized carbons (Fsp3) is 0.300. The maximum Gasteiger partial charge on any atom is 0.338 e. The monoisotopic (exact) mass is 404 g/mol. The summed E-state index contributed by atoms with van der Waals surface area (Å²) in [6.45, 7) is 5.24. The number of esters is 1. The lowest BCUT2D eigenvalue weighted by atomic mass is 10.1. The number of hydrogen-bond donors (Lipinski definition) is 1. The van der Waals surface area contributed by atoms with E-state index in [0.29, 0.717) is 5.69 Å². The molecule has 28 heavy (non-hydrogen) atoms. The smallest absolute Gasteiger partial charge is 0.338 e. The predicted octanol–water partition coefficient (Wildman–Crippen LogP) is 2.74. The van der Waals surface area contributed by atoms with Crippen LogP contribution in [0.2, 0.25) is 0 Å². The molecular formula is C20H24N2O5S. The van der Waals surface area contributed by atoms with Crippen LogP contribution < -0.4 is 4.72 Å². The number of rotatable bonds is 6. The molecule has 1 N–H and O–H groups in total. The second kappa shape index (κ2) is 8.43. The molecule has 1 atom stereocenters. The number of carbonyl (C=O) groups excluding carboxylic acids is 2. The van der Waals surface area contributed by atoms with Gasteiger partial charge in [0.25, 0.3) is 15.9 Å². The summed E-state index contributed by atoms with van der Waals surface area (Å²) in [6.07, 6.45) is -0.912. The molecule has 0 radical (unpaired) electrons. The quantitative estimate of drug-likeness (QED) is 0.748. The first-order chi connectivity index (χ1) is 13.0. The molecule has 0 aliphatic carbocycles. The summed E-state index contributed by atoms with van der Waals surface area (Å²) in [4.78, 5) is 25.4. The number of ether oxygens (including phenoxy) is 1. The Kier molecular flexibility index (Phi) is 6.45. The van der Waals surface area contributed by atoms with Crippen molar-refractivity contribution in [3.63, 3.8) is 0 Å². The van der Waals surface area contributed by atoms with Crippen LogP contribution in [0, 0.1) is 13.8 Å². The zero-order valence-electron chi connectivity index (χ0n) is 16.5. The topological polar surface area (TPSA) is 92.8 Å². The van der Waals surface area contributed by atoms with Gasteiger partial charge in [-0.15, -0.1) is 0 Å². The first-order valence-electron chi connectivity index (χ1n) is 8.63. The van der Waals surface area contributed by atoms with E-state index >= 15 is 0 Å². The third-order valence-electron chi connectivity index (χ3n) is 4.23. The molecule has 150 valence electrons. The molecule has 0 fully saturated rings. The minimum atomic E-state index is -3.74. The summed E-state index contributed by atoms with van der Waals surface area (Å²) in [5.41, 5.74) is 2.41. The molecule has 0 unspecified atom stereocenters. The van der Waals surface area contributed by atoms with E-state index in [1.807, 2.05) is 13.8 Å². The number of sulfonamides is 1. The van der Waals surface area contributed by atoms with Crippen LogP contribution in [0.5, 0.6) is 0 Å². The Morgan fingerprint density at radius 1 is 1.00 bits per heavy atom. The van der Waals surface area contributed by atoms with Gasteiger partial charge in [-0.3, -0.25) is 9.52 Å². The van der Waals surface area contributed by atoms with Crippen molar-refractivity contribution in [2.75, 3.05) is 18.8 Å². The summed E-state index contributed by atoms with van der Waals surface area (Å²) >= 11 is 0. The van der Waals surface area contributed by atoms with Crippen molar-refractivity contribution in [1.82, 2.24) is 4.90 Å². The van der Waals surface area contributed by atoms with Gasteiger partial charge in [-0.2, -0.15) is 0 Å². The number of carbonyl (C=O) groups is 2. The van der Waals surface area contributed by atoms with Crippen LogP contribution in [-0.2, 0) is 19.6 Å². The number of likely N-dealkylation sites (N-methyl/N-ethyl adjacent to an activating group) is 1. The molecule has 8 heteroatoms. The lowest BCUT2D eigenvalue weighted by Gasteiger charge is -2.17. The van der Waals surface area contributed by atoms with Gasteiger partial charge in [-0.25, -0.2) is 13.2 Å². The molecule has 0 aromatic heterocycles. The number of hydrogen-bond acceptors (Lipinski definition) is 5. The Hall–Kier alpha value is -2.87. The van der Waals surface area contributed by atoms with Crippen molar-refractivity contribution in [2.24, 2.45) is 0 Å². The number of nitrogens with zero attached hydrogens (tertiary/aromatic N) is 1. The Balaban J connectivity index is 2.10. The zero-order valence-corrected chi connectivity index (χ0v) is 17.3. The lowest BCUT2D eigenvalue weighted by Crippen LogP contribution is -2.34. The molecule has 2 rings (SSSR count). The van der Waals surface area contributed by atoms with E-state index < -0.39 is 22.1 Å². The summed E-state index contributed by atoms with van der Waals surface area (Å²) in [6, 6.07) is 10.7. The molecule has 2 aromatic carbocycles. The highest BCUT2D eigenvalue weighted by Crippen LogP contribution is 2.19. The fourth-order valence-electron chi connectivity index (χ4n) is 2.41. The van der Waals surface area contributed by atoms with E-state index in [2.05, 4.69) is 4.72 Å². The Labute approximate surface area is 165 Å². The van der Waals surface area contributed by atoms with Gasteiger partial charge in [0, 0.05) is 19.8 Å². The summed E-state index contributed by atoms with van der Waals surface area (Å²) < 4.78 is 32.7. The van der Waals surface area contributed by atoms with Crippen LogP contribution in [0.4, 0.5) is 5.69 Å². The van der Waals surface area contributed by atoms with E-state index in [1.54, 1.807) is 32.3 Å². The highest BCUT2D eigenvalue weighted by atomic mass is 32.2. The SMILES string of the molecule is Cc1ccc(S(=O)(=O)Nc2ccc(C(=O)O[C@H](C)C(=O)N(C)C)cc2)cc1C. The van der Waals surface area contributed by atoms with Crippen molar-refractivity contribution < 1.29 is 22.7 Å². The number of nitrogens with one attached hydrogen (secondary N) is 1. The molecule has 0 aliphatic rings. The second-order valence-corrected chi connectivity index (χ2v) is 8.39. The van der Waals surface area contributed by atoms with Gasteiger partial charge in [0.05, 0.1) is 10.5 Å². The van der Waals surface area contributed by atoms with Gasteiger partial charge in [0.15, 0.2) is 6.10 Å². The predicted molar refractivity (Wildman–Crippen MR) is 107 cm³/mol. The van der Waals surface area contributed by atoms with Gasteiger partial charge in [0.1, 0.15) is 0 Å². The maximum absolute atomic E-state index is 12.5. The van der Waals surface area contributed by atoms with Crippen LogP contribution in [0.15, 0.2) is 47.4 Å². The van der Waals surface area contributed by atoms with Gasteiger partial charge < -0.3 is 9.64 Å². The van der Waals surface area contributed by atoms with Crippen molar-refractivity contribution in [1.29, 1.82) is 0 Å². The first-order valence-corrected chi connectivity index (χ1v) is 10.1. The number of amides is 1. The van der Waals surface area contributed by atoms with Crippen LogP contribution in [0.25, 0.3) is 0 Å². The molecule has 7 nitrogen and oxygen atoms in total. The van der Waals surface area contributed by atoms with Crippen molar-refractivity contribution in [3.05, 3.63) is 59.2 Å². The van der Waals surface area contributed by atoms with E-state index in [9.17, 15) is 18.0 Å². The summed E-state index contributed by atoms with van der Waals surface area (Å²) in [5.74, 6) is -0.989. The highest BCUT2D eigenvalue weighted by molar-refractivity contribution is 7.92. The van der Waals surface area contributed by atoms with E-state index in [-0.39, 0.29) is 16.4 Å². The average molecular weight is 404 g/mol. The number of benzene rings is 2.